The van der Waals surface area contributed by atoms with Gasteiger partial charge in [0.1, 0.15) is 5.69 Å². The molecule has 2 atom stereocenters. The average molecular weight is 264 g/mol. The largest absolute Gasteiger partial charge is 0.409 e. The van der Waals surface area contributed by atoms with Crippen LogP contribution >= 0.6 is 0 Å². The van der Waals surface area contributed by atoms with Crippen LogP contribution in [0.25, 0.3) is 0 Å². The molecule has 19 heavy (non-hydrogen) atoms. The van der Waals surface area contributed by atoms with Crippen molar-refractivity contribution < 1.29 is 9.94 Å². The molecule has 3 N–H and O–H groups in total. The zero-order chi connectivity index (χ0) is 13.8. The fraction of sp³-hybridized carbons (Fsp3) is 0.538. The Bertz CT molecular complexity index is 446. The minimum atomic E-state index is 0.0222. The molecule has 6 heteroatoms. The smallest absolute Gasteiger partial charge is 0.188 e. The Morgan fingerprint density at radius 3 is 3.00 bits per heavy atom. The van der Waals surface area contributed by atoms with Crippen LogP contribution in [0.2, 0.25) is 0 Å². The summed E-state index contributed by atoms with van der Waals surface area (Å²) in [5.41, 5.74) is 7.01. The van der Waals surface area contributed by atoms with Crippen LogP contribution in [-0.2, 0) is 4.74 Å². The van der Waals surface area contributed by atoms with E-state index in [0.717, 1.165) is 25.3 Å². The quantitative estimate of drug-likeness (QED) is 0.371. The van der Waals surface area contributed by atoms with E-state index >= 15 is 0 Å². The molecule has 6 nitrogen and oxygen atoms in total. The molecule has 1 aliphatic rings. The molecule has 0 bridgehead atoms. The summed E-state index contributed by atoms with van der Waals surface area (Å²) < 4.78 is 5.68. The van der Waals surface area contributed by atoms with E-state index in [9.17, 15) is 0 Å². The van der Waals surface area contributed by atoms with Crippen LogP contribution in [0.3, 0.4) is 0 Å². The van der Waals surface area contributed by atoms with Gasteiger partial charge < -0.3 is 20.6 Å². The molecule has 0 spiro atoms. The van der Waals surface area contributed by atoms with E-state index in [1.807, 2.05) is 6.07 Å². The Kier molecular flexibility index (Phi) is 4.21. The van der Waals surface area contributed by atoms with Crippen LogP contribution < -0.4 is 10.6 Å². The van der Waals surface area contributed by atoms with Crippen LogP contribution in [0.4, 0.5) is 5.69 Å². The van der Waals surface area contributed by atoms with Crippen molar-refractivity contribution >= 4 is 11.5 Å². The number of morpholine rings is 1. The number of aromatic nitrogens is 1. The average Bonchev–Trinajstić information content (AvgIpc) is 2.46. The lowest BCUT2D eigenvalue weighted by molar-refractivity contribution is 0.0299. The molecule has 1 aromatic rings. The Balaban J connectivity index is 2.20. The summed E-state index contributed by atoms with van der Waals surface area (Å²) in [6.45, 7) is 5.80. The molecule has 2 unspecified atom stereocenters. The Hall–Kier alpha value is -1.82. The van der Waals surface area contributed by atoms with Gasteiger partial charge in [0.15, 0.2) is 5.84 Å². The van der Waals surface area contributed by atoms with Gasteiger partial charge in [-0.15, -0.1) is 0 Å². The number of nitrogens with two attached hydrogens (primary N) is 1. The first kappa shape index (κ1) is 13.6. The zero-order valence-corrected chi connectivity index (χ0v) is 11.3. The lowest BCUT2D eigenvalue weighted by Crippen LogP contribution is -2.48. The summed E-state index contributed by atoms with van der Waals surface area (Å²) in [6.07, 6.45) is 2.99. The summed E-state index contributed by atoms with van der Waals surface area (Å²) in [5, 5.41) is 11.6. The van der Waals surface area contributed by atoms with Gasteiger partial charge in [-0.05, 0) is 25.5 Å². The SMILES string of the molecule is CCC1COC(C)CN1c1ccc(/C(N)=N/O)nc1. The molecule has 1 aromatic heterocycles. The third kappa shape index (κ3) is 2.96. The summed E-state index contributed by atoms with van der Waals surface area (Å²) in [7, 11) is 0. The first-order valence-corrected chi connectivity index (χ1v) is 6.48. The monoisotopic (exact) mass is 264 g/mol. The highest BCUT2D eigenvalue weighted by Crippen LogP contribution is 2.22. The van der Waals surface area contributed by atoms with E-state index in [2.05, 4.69) is 28.9 Å². The van der Waals surface area contributed by atoms with Crippen molar-refractivity contribution in [2.24, 2.45) is 10.9 Å². The lowest BCUT2D eigenvalue weighted by Gasteiger charge is -2.39. The number of oxime groups is 1. The second-order valence-electron chi connectivity index (χ2n) is 4.75. The van der Waals surface area contributed by atoms with E-state index in [4.69, 9.17) is 15.7 Å². The van der Waals surface area contributed by atoms with Crippen molar-refractivity contribution in [2.75, 3.05) is 18.1 Å². The lowest BCUT2D eigenvalue weighted by atomic mass is 10.1. The Labute approximate surface area is 112 Å². The van der Waals surface area contributed by atoms with Crippen molar-refractivity contribution in [2.45, 2.75) is 32.4 Å². The van der Waals surface area contributed by atoms with Gasteiger partial charge >= 0.3 is 0 Å². The van der Waals surface area contributed by atoms with E-state index in [-0.39, 0.29) is 11.9 Å². The molecule has 0 saturated carbocycles. The maximum atomic E-state index is 8.62. The second kappa shape index (κ2) is 5.88. The van der Waals surface area contributed by atoms with Crippen LogP contribution in [0.1, 0.15) is 26.0 Å². The topological polar surface area (TPSA) is 84.0 Å². The number of nitrogens with zero attached hydrogens (tertiary/aromatic N) is 3. The summed E-state index contributed by atoms with van der Waals surface area (Å²) in [6, 6.07) is 4.07. The molecule has 0 aromatic carbocycles. The highest BCUT2D eigenvalue weighted by molar-refractivity contribution is 5.95. The number of ether oxygens (including phenoxy) is 1. The predicted molar refractivity (Wildman–Crippen MR) is 73.6 cm³/mol. The van der Waals surface area contributed by atoms with Crippen molar-refractivity contribution in [3.8, 4) is 0 Å². The highest BCUT2D eigenvalue weighted by atomic mass is 16.5. The number of rotatable bonds is 3. The van der Waals surface area contributed by atoms with Crippen LogP contribution in [-0.4, -0.2) is 41.3 Å². The third-order valence-electron chi connectivity index (χ3n) is 3.39. The standard InChI is InChI=1S/C13H20N4O2/c1-3-10-8-19-9(2)7-17(10)11-4-5-12(15-6-11)13(14)16-18/h4-6,9-10,18H,3,7-8H2,1-2H3,(H2,14,16). The number of pyridine rings is 1. The molecule has 1 fully saturated rings. The van der Waals surface area contributed by atoms with Crippen molar-refractivity contribution in [1.82, 2.24) is 4.98 Å². The Morgan fingerprint density at radius 1 is 1.63 bits per heavy atom. The molecule has 0 radical (unpaired) electrons. The maximum Gasteiger partial charge on any atom is 0.188 e. The third-order valence-corrected chi connectivity index (χ3v) is 3.39. The maximum absolute atomic E-state index is 8.62. The Morgan fingerprint density at radius 2 is 2.42 bits per heavy atom. The number of hydrogen-bond donors (Lipinski definition) is 2. The zero-order valence-electron chi connectivity index (χ0n) is 11.3. The fourth-order valence-corrected chi connectivity index (χ4v) is 2.26. The number of amidine groups is 1. The fourth-order valence-electron chi connectivity index (χ4n) is 2.26. The molecule has 1 aliphatic heterocycles. The summed E-state index contributed by atoms with van der Waals surface area (Å²) >= 11 is 0. The van der Waals surface area contributed by atoms with Crippen LogP contribution in [0.5, 0.6) is 0 Å². The number of hydrogen-bond acceptors (Lipinski definition) is 5. The van der Waals surface area contributed by atoms with Gasteiger partial charge in [-0.2, -0.15) is 0 Å². The van der Waals surface area contributed by atoms with E-state index in [0.29, 0.717) is 11.7 Å². The molecule has 0 amide bonds. The second-order valence-corrected chi connectivity index (χ2v) is 4.75. The normalized spacial score (nSPS) is 24.5. The van der Waals surface area contributed by atoms with Gasteiger partial charge in [0.25, 0.3) is 0 Å². The van der Waals surface area contributed by atoms with Gasteiger partial charge in [-0.25, -0.2) is 0 Å². The first-order valence-electron chi connectivity index (χ1n) is 6.48. The van der Waals surface area contributed by atoms with E-state index < -0.39 is 0 Å². The van der Waals surface area contributed by atoms with Gasteiger partial charge in [-0.1, -0.05) is 12.1 Å². The van der Waals surface area contributed by atoms with Crippen LogP contribution in [0.15, 0.2) is 23.5 Å². The summed E-state index contributed by atoms with van der Waals surface area (Å²) in [4.78, 5) is 6.52. The minimum Gasteiger partial charge on any atom is -0.409 e. The molecule has 2 rings (SSSR count). The number of anilines is 1. The van der Waals surface area contributed by atoms with Gasteiger partial charge in [0, 0.05) is 6.54 Å². The van der Waals surface area contributed by atoms with Crippen molar-refractivity contribution in [3.05, 3.63) is 24.0 Å². The van der Waals surface area contributed by atoms with Crippen LogP contribution in [0, 0.1) is 0 Å². The minimum absolute atomic E-state index is 0.0222. The molecular formula is C13H20N4O2. The highest BCUT2D eigenvalue weighted by Gasteiger charge is 2.25. The van der Waals surface area contributed by atoms with Gasteiger partial charge in [0.05, 0.1) is 30.6 Å². The van der Waals surface area contributed by atoms with Gasteiger partial charge in [-0.3, -0.25) is 4.98 Å². The molecule has 1 saturated heterocycles. The molecule has 0 aliphatic carbocycles. The molecule has 2 heterocycles. The van der Waals surface area contributed by atoms with Crippen molar-refractivity contribution in [1.29, 1.82) is 0 Å². The summed E-state index contributed by atoms with van der Waals surface area (Å²) in [5.74, 6) is 0.0222. The predicted octanol–water partition coefficient (Wildman–Crippen LogP) is 1.18. The van der Waals surface area contributed by atoms with Gasteiger partial charge in [0.2, 0.25) is 0 Å². The first-order chi connectivity index (χ1) is 9.15. The molecular weight excluding hydrogens is 244 g/mol. The molecule has 104 valence electrons. The van der Waals surface area contributed by atoms with Crippen molar-refractivity contribution in [3.63, 3.8) is 0 Å². The van der Waals surface area contributed by atoms with E-state index in [1.54, 1.807) is 12.3 Å². The van der Waals surface area contributed by atoms with E-state index in [1.165, 1.54) is 0 Å².